The van der Waals surface area contributed by atoms with Crippen molar-refractivity contribution in [2.75, 3.05) is 52.3 Å². The first-order valence-electron chi connectivity index (χ1n) is 11.6. The molecule has 2 heterocycles. The lowest BCUT2D eigenvalue weighted by Gasteiger charge is -2.20. The molecule has 0 aromatic heterocycles. The second-order valence-corrected chi connectivity index (χ2v) is 8.56. The van der Waals surface area contributed by atoms with Gasteiger partial charge in [-0.25, -0.2) is 0 Å². The van der Waals surface area contributed by atoms with E-state index in [4.69, 9.17) is 9.47 Å². The maximum atomic E-state index is 5.41. The molecule has 33 heavy (non-hydrogen) atoms. The van der Waals surface area contributed by atoms with E-state index in [-0.39, 0.29) is 0 Å². The molecule has 2 aromatic rings. The van der Waals surface area contributed by atoms with Gasteiger partial charge in [0.25, 0.3) is 0 Å². The van der Waals surface area contributed by atoms with Crippen LogP contribution in [0.4, 0.5) is 5.69 Å². The van der Waals surface area contributed by atoms with Crippen LogP contribution in [0.25, 0.3) is 0 Å². The summed E-state index contributed by atoms with van der Waals surface area (Å²) in [6.45, 7) is 5.60. The van der Waals surface area contributed by atoms with Crippen molar-refractivity contribution in [2.24, 2.45) is 4.99 Å². The Balaban J connectivity index is 1.27. The predicted molar refractivity (Wildman–Crippen MR) is 134 cm³/mol. The van der Waals surface area contributed by atoms with Gasteiger partial charge >= 0.3 is 0 Å². The van der Waals surface area contributed by atoms with Crippen molar-refractivity contribution >= 4 is 11.6 Å². The van der Waals surface area contributed by atoms with Crippen LogP contribution in [-0.4, -0.2) is 64.3 Å². The molecule has 7 nitrogen and oxygen atoms in total. The van der Waals surface area contributed by atoms with E-state index in [0.717, 1.165) is 63.1 Å². The molecular weight excluding hydrogens is 414 g/mol. The number of nitrogens with one attached hydrogen (secondary N) is 2. The Bertz CT molecular complexity index is 960. The highest BCUT2D eigenvalue weighted by atomic mass is 16.5. The van der Waals surface area contributed by atoms with E-state index in [0.29, 0.717) is 6.04 Å². The third kappa shape index (κ3) is 6.20. The fraction of sp³-hybridized carbons (Fsp3) is 0.423. The number of benzene rings is 2. The summed E-state index contributed by atoms with van der Waals surface area (Å²) in [5.74, 6) is 2.50. The Morgan fingerprint density at radius 3 is 2.48 bits per heavy atom. The van der Waals surface area contributed by atoms with Crippen LogP contribution < -0.4 is 25.0 Å². The van der Waals surface area contributed by atoms with Crippen LogP contribution >= 0.6 is 0 Å². The molecule has 2 N–H and O–H groups in total. The van der Waals surface area contributed by atoms with Crippen LogP contribution in [0.5, 0.6) is 11.5 Å². The monoisotopic (exact) mass is 449 g/mol. The van der Waals surface area contributed by atoms with Gasteiger partial charge in [0, 0.05) is 64.1 Å². The topological polar surface area (TPSA) is 61.4 Å². The number of methoxy groups -OCH3 is 2. The van der Waals surface area contributed by atoms with Crippen molar-refractivity contribution in [2.45, 2.75) is 25.6 Å². The summed E-state index contributed by atoms with van der Waals surface area (Å²) in [6, 6.07) is 15.2. The van der Waals surface area contributed by atoms with Crippen LogP contribution in [0, 0.1) is 0 Å². The van der Waals surface area contributed by atoms with E-state index in [9.17, 15) is 0 Å². The highest BCUT2D eigenvalue weighted by Crippen LogP contribution is 2.24. The molecular formula is C26H35N5O2. The molecule has 1 fully saturated rings. The molecule has 4 rings (SSSR count). The SMILES string of the molecule is CN=C(NCc1cccc(N2CC=CC2)c1)NC1CCN(Cc2cc(OC)cc(OC)c2)C1. The van der Waals surface area contributed by atoms with Crippen LogP contribution in [0.15, 0.2) is 59.6 Å². The predicted octanol–water partition coefficient (Wildman–Crippen LogP) is 3.02. The average Bonchev–Trinajstić information content (AvgIpc) is 3.54. The summed E-state index contributed by atoms with van der Waals surface area (Å²) >= 11 is 0. The maximum absolute atomic E-state index is 5.41. The zero-order chi connectivity index (χ0) is 23.0. The third-order valence-electron chi connectivity index (χ3n) is 6.21. The van der Waals surface area contributed by atoms with Gasteiger partial charge < -0.3 is 25.0 Å². The van der Waals surface area contributed by atoms with E-state index < -0.39 is 0 Å². The summed E-state index contributed by atoms with van der Waals surface area (Å²) in [4.78, 5) is 9.26. The Hall–Kier alpha value is -3.19. The van der Waals surface area contributed by atoms with E-state index in [2.05, 4.69) is 74.0 Å². The molecule has 1 atom stereocenters. The largest absolute Gasteiger partial charge is 0.497 e. The van der Waals surface area contributed by atoms with Gasteiger partial charge in [-0.15, -0.1) is 0 Å². The molecule has 0 amide bonds. The minimum absolute atomic E-state index is 0.366. The maximum Gasteiger partial charge on any atom is 0.191 e. The van der Waals surface area contributed by atoms with Gasteiger partial charge in [-0.1, -0.05) is 24.3 Å². The van der Waals surface area contributed by atoms with E-state index in [1.807, 2.05) is 13.1 Å². The second-order valence-electron chi connectivity index (χ2n) is 8.56. The van der Waals surface area contributed by atoms with Crippen molar-refractivity contribution in [3.8, 4) is 11.5 Å². The number of hydrogen-bond acceptors (Lipinski definition) is 5. The quantitative estimate of drug-likeness (QED) is 0.367. The molecule has 2 aromatic carbocycles. The van der Waals surface area contributed by atoms with Crippen LogP contribution in [-0.2, 0) is 13.1 Å². The lowest BCUT2D eigenvalue weighted by Crippen LogP contribution is -2.44. The molecule has 2 aliphatic heterocycles. The van der Waals surface area contributed by atoms with Crippen molar-refractivity contribution in [3.05, 3.63) is 65.7 Å². The summed E-state index contributed by atoms with van der Waals surface area (Å²) in [6.07, 6.45) is 5.51. The van der Waals surface area contributed by atoms with Crippen LogP contribution in [0.1, 0.15) is 17.5 Å². The van der Waals surface area contributed by atoms with Crippen molar-refractivity contribution in [1.82, 2.24) is 15.5 Å². The van der Waals surface area contributed by atoms with Crippen molar-refractivity contribution < 1.29 is 9.47 Å². The Kier molecular flexibility index (Phi) is 7.73. The first-order valence-corrected chi connectivity index (χ1v) is 11.6. The number of ether oxygens (including phenoxy) is 2. The van der Waals surface area contributed by atoms with Gasteiger partial charge in [0.2, 0.25) is 0 Å². The van der Waals surface area contributed by atoms with E-state index in [1.165, 1.54) is 16.8 Å². The first-order chi connectivity index (χ1) is 16.2. The summed E-state index contributed by atoms with van der Waals surface area (Å²) in [5.41, 5.74) is 3.72. The molecule has 2 aliphatic rings. The van der Waals surface area contributed by atoms with Crippen molar-refractivity contribution in [3.63, 3.8) is 0 Å². The third-order valence-corrected chi connectivity index (χ3v) is 6.21. The highest BCUT2D eigenvalue weighted by molar-refractivity contribution is 5.80. The Morgan fingerprint density at radius 1 is 1.03 bits per heavy atom. The number of anilines is 1. The molecule has 1 unspecified atom stereocenters. The average molecular weight is 450 g/mol. The smallest absolute Gasteiger partial charge is 0.191 e. The van der Waals surface area contributed by atoms with Gasteiger partial charge in [0.15, 0.2) is 5.96 Å². The van der Waals surface area contributed by atoms with E-state index >= 15 is 0 Å². The minimum Gasteiger partial charge on any atom is -0.497 e. The molecule has 0 saturated carbocycles. The highest BCUT2D eigenvalue weighted by Gasteiger charge is 2.23. The standard InChI is InChI=1S/C26H35N5O2/c1-27-26(28-17-20-7-6-8-23(13-20)31-10-4-5-11-31)29-22-9-12-30(19-22)18-21-14-24(32-2)16-25(15-21)33-3/h4-8,13-16,22H,9-12,17-19H2,1-3H3,(H2,27,28,29). The number of guanidine groups is 1. The molecule has 176 valence electrons. The molecule has 0 radical (unpaired) electrons. The number of rotatable bonds is 8. The zero-order valence-corrected chi connectivity index (χ0v) is 19.9. The lowest BCUT2D eigenvalue weighted by atomic mass is 10.2. The molecule has 7 heteroatoms. The lowest BCUT2D eigenvalue weighted by molar-refractivity contribution is 0.321. The normalized spacial score (nSPS) is 18.6. The van der Waals surface area contributed by atoms with Gasteiger partial charge in [-0.05, 0) is 41.8 Å². The van der Waals surface area contributed by atoms with Gasteiger partial charge in [-0.2, -0.15) is 0 Å². The number of nitrogens with zero attached hydrogens (tertiary/aromatic N) is 3. The van der Waals surface area contributed by atoms with Crippen LogP contribution in [0.2, 0.25) is 0 Å². The number of likely N-dealkylation sites (tertiary alicyclic amines) is 1. The number of hydrogen-bond donors (Lipinski definition) is 2. The Labute approximate surface area is 197 Å². The zero-order valence-electron chi connectivity index (χ0n) is 19.9. The molecule has 0 spiro atoms. The summed E-state index contributed by atoms with van der Waals surface area (Å²) in [5, 5.41) is 7.07. The molecule has 0 bridgehead atoms. The molecule has 0 aliphatic carbocycles. The fourth-order valence-corrected chi connectivity index (χ4v) is 4.44. The molecule has 1 saturated heterocycles. The minimum atomic E-state index is 0.366. The van der Waals surface area contributed by atoms with E-state index in [1.54, 1.807) is 14.2 Å². The second kappa shape index (κ2) is 11.1. The van der Waals surface area contributed by atoms with Gasteiger partial charge in [0.05, 0.1) is 14.2 Å². The van der Waals surface area contributed by atoms with Gasteiger partial charge in [-0.3, -0.25) is 9.89 Å². The first kappa shape index (κ1) is 23.0. The fourth-order valence-electron chi connectivity index (χ4n) is 4.44. The van der Waals surface area contributed by atoms with Crippen molar-refractivity contribution in [1.29, 1.82) is 0 Å². The summed E-state index contributed by atoms with van der Waals surface area (Å²) < 4.78 is 10.8. The van der Waals surface area contributed by atoms with Crippen LogP contribution in [0.3, 0.4) is 0 Å². The Morgan fingerprint density at radius 2 is 1.79 bits per heavy atom. The number of aliphatic imine (C=N–C) groups is 1. The summed E-state index contributed by atoms with van der Waals surface area (Å²) in [7, 11) is 5.20. The van der Waals surface area contributed by atoms with Gasteiger partial charge in [0.1, 0.15) is 11.5 Å².